The lowest BCUT2D eigenvalue weighted by atomic mass is 10.2. The summed E-state index contributed by atoms with van der Waals surface area (Å²) in [5.41, 5.74) is 0. The molecule has 1 atom stereocenters. The van der Waals surface area contributed by atoms with E-state index in [1.54, 1.807) is 4.72 Å². The maximum absolute atomic E-state index is 13.1. The molecular weight excluding hydrogens is 329 g/mol. The molecule has 0 aliphatic heterocycles. The second kappa shape index (κ2) is 6.83. The zero-order valence-electron chi connectivity index (χ0n) is 10.4. The van der Waals surface area contributed by atoms with Gasteiger partial charge >= 0.3 is 11.9 Å². The van der Waals surface area contributed by atoms with Gasteiger partial charge in [-0.3, -0.25) is 9.59 Å². The maximum atomic E-state index is 13.1. The number of benzene rings is 1. The van der Waals surface area contributed by atoms with E-state index in [1.165, 1.54) is 0 Å². The number of rotatable bonds is 7. The molecule has 10 heteroatoms. The van der Waals surface area contributed by atoms with Crippen molar-refractivity contribution in [1.82, 2.24) is 4.72 Å². The van der Waals surface area contributed by atoms with Crippen LogP contribution in [0.15, 0.2) is 23.1 Å². The van der Waals surface area contributed by atoms with E-state index in [1.807, 2.05) is 0 Å². The number of carboxylic acid groups (broad SMARTS) is 2. The molecule has 0 saturated heterocycles. The van der Waals surface area contributed by atoms with E-state index in [0.29, 0.717) is 6.07 Å². The molecule has 1 rings (SSSR count). The summed E-state index contributed by atoms with van der Waals surface area (Å²) < 4.78 is 38.9. The van der Waals surface area contributed by atoms with Crippen molar-refractivity contribution in [2.75, 3.05) is 0 Å². The van der Waals surface area contributed by atoms with Gasteiger partial charge in [-0.1, -0.05) is 11.6 Å². The number of hydrogen-bond donors (Lipinski definition) is 3. The first kappa shape index (κ1) is 17.3. The minimum absolute atomic E-state index is 0.286. The first-order valence-corrected chi connectivity index (χ1v) is 7.41. The first-order valence-electron chi connectivity index (χ1n) is 5.55. The smallest absolute Gasteiger partial charge is 0.321 e. The third-order valence-corrected chi connectivity index (χ3v) is 4.38. The molecule has 0 aliphatic carbocycles. The molecule has 0 saturated carbocycles. The van der Waals surface area contributed by atoms with Gasteiger partial charge in [-0.25, -0.2) is 12.8 Å². The van der Waals surface area contributed by atoms with Crippen LogP contribution in [0.25, 0.3) is 0 Å². The van der Waals surface area contributed by atoms with Crippen LogP contribution in [0.5, 0.6) is 0 Å². The normalized spacial score (nSPS) is 12.9. The zero-order chi connectivity index (χ0) is 16.2. The van der Waals surface area contributed by atoms with Gasteiger partial charge in [0, 0.05) is 6.42 Å². The number of nitrogens with one attached hydrogen (secondary N) is 1. The van der Waals surface area contributed by atoms with Gasteiger partial charge in [-0.05, 0) is 24.6 Å². The highest BCUT2D eigenvalue weighted by Gasteiger charge is 2.27. The largest absolute Gasteiger partial charge is 0.481 e. The number of sulfonamides is 1. The van der Waals surface area contributed by atoms with E-state index in [0.717, 1.165) is 12.1 Å². The second-order valence-electron chi connectivity index (χ2n) is 4.02. The molecule has 1 aromatic carbocycles. The molecule has 0 aromatic heterocycles. The molecule has 0 radical (unpaired) electrons. The van der Waals surface area contributed by atoms with Crippen LogP contribution in [0.2, 0.25) is 5.02 Å². The van der Waals surface area contributed by atoms with Crippen molar-refractivity contribution in [2.24, 2.45) is 0 Å². The standard InChI is InChI=1S/C11H11ClFNO6S/c12-7-2-1-6(13)5-9(7)21(19,20)14-8(11(17)18)3-4-10(15)16/h1-2,5,8,14H,3-4H2,(H,15,16)(H,17,18)/t8-/m0/s1. The van der Waals surface area contributed by atoms with Gasteiger partial charge in [-0.2, -0.15) is 4.72 Å². The molecular formula is C11H11ClFNO6S. The fourth-order valence-electron chi connectivity index (χ4n) is 1.43. The van der Waals surface area contributed by atoms with Crippen LogP contribution in [-0.4, -0.2) is 36.6 Å². The van der Waals surface area contributed by atoms with E-state index in [4.69, 9.17) is 21.8 Å². The fourth-order valence-corrected chi connectivity index (χ4v) is 3.17. The van der Waals surface area contributed by atoms with Gasteiger partial charge in [0.1, 0.15) is 16.8 Å². The number of carbonyl (C=O) groups is 2. The van der Waals surface area contributed by atoms with E-state index in [-0.39, 0.29) is 5.02 Å². The summed E-state index contributed by atoms with van der Waals surface area (Å²) in [6.07, 6.45) is -1.01. The Labute approximate surface area is 124 Å². The fraction of sp³-hybridized carbons (Fsp3) is 0.273. The van der Waals surface area contributed by atoms with Crippen molar-refractivity contribution in [3.63, 3.8) is 0 Å². The predicted molar refractivity (Wildman–Crippen MR) is 70.0 cm³/mol. The number of hydrogen-bond acceptors (Lipinski definition) is 4. The van der Waals surface area contributed by atoms with E-state index in [2.05, 4.69) is 0 Å². The van der Waals surface area contributed by atoms with Crippen molar-refractivity contribution < 1.29 is 32.6 Å². The Balaban J connectivity index is 3.03. The number of aliphatic carboxylic acids is 2. The molecule has 0 bridgehead atoms. The van der Waals surface area contributed by atoms with Crippen LogP contribution < -0.4 is 4.72 Å². The summed E-state index contributed by atoms with van der Waals surface area (Å²) in [5, 5.41) is 17.1. The Morgan fingerprint density at radius 3 is 2.48 bits per heavy atom. The molecule has 21 heavy (non-hydrogen) atoms. The molecule has 116 valence electrons. The Hall–Kier alpha value is -1.71. The monoisotopic (exact) mass is 339 g/mol. The van der Waals surface area contributed by atoms with Gasteiger partial charge in [0.05, 0.1) is 5.02 Å². The van der Waals surface area contributed by atoms with Crippen LogP contribution in [0, 0.1) is 5.82 Å². The summed E-state index contributed by atoms with van der Waals surface area (Å²) in [5.74, 6) is -3.69. The molecule has 1 aromatic rings. The lowest BCUT2D eigenvalue weighted by Gasteiger charge is -2.14. The molecule has 0 heterocycles. The minimum atomic E-state index is -4.40. The third kappa shape index (κ3) is 4.96. The summed E-state index contributed by atoms with van der Waals surface area (Å²) in [6, 6.07) is 0.935. The average molecular weight is 340 g/mol. The van der Waals surface area contributed by atoms with Gasteiger partial charge < -0.3 is 10.2 Å². The number of halogens is 2. The highest BCUT2D eigenvalue weighted by Crippen LogP contribution is 2.22. The summed E-state index contributed by atoms with van der Waals surface area (Å²) >= 11 is 5.64. The summed E-state index contributed by atoms with van der Waals surface area (Å²) in [6.45, 7) is 0. The van der Waals surface area contributed by atoms with Crippen molar-refractivity contribution in [1.29, 1.82) is 0 Å². The molecule has 0 fully saturated rings. The molecule has 0 aliphatic rings. The molecule has 3 N–H and O–H groups in total. The molecule has 7 nitrogen and oxygen atoms in total. The topological polar surface area (TPSA) is 121 Å². The lowest BCUT2D eigenvalue weighted by molar-refractivity contribution is -0.140. The van der Waals surface area contributed by atoms with E-state index >= 15 is 0 Å². The maximum Gasteiger partial charge on any atom is 0.321 e. The second-order valence-corrected chi connectivity index (χ2v) is 6.11. The third-order valence-electron chi connectivity index (χ3n) is 2.43. The van der Waals surface area contributed by atoms with Crippen LogP contribution >= 0.6 is 11.6 Å². The predicted octanol–water partition coefficient (Wildman–Crippen LogP) is 1.08. The van der Waals surface area contributed by atoms with E-state index in [9.17, 15) is 22.4 Å². The summed E-state index contributed by atoms with van der Waals surface area (Å²) in [4.78, 5) is 20.7. The Morgan fingerprint density at radius 2 is 1.95 bits per heavy atom. The Bertz CT molecular complexity index is 663. The van der Waals surface area contributed by atoms with Gasteiger partial charge in [0.15, 0.2) is 0 Å². The SMILES string of the molecule is O=C(O)CC[C@H](NS(=O)(=O)c1cc(F)ccc1Cl)C(=O)O. The summed E-state index contributed by atoms with van der Waals surface area (Å²) in [7, 11) is -4.40. The molecule has 0 amide bonds. The van der Waals surface area contributed by atoms with Crippen molar-refractivity contribution in [3.05, 3.63) is 29.0 Å². The molecule has 0 spiro atoms. The zero-order valence-corrected chi connectivity index (χ0v) is 12.0. The molecule has 0 unspecified atom stereocenters. The van der Waals surface area contributed by atoms with Gasteiger partial charge in [-0.15, -0.1) is 0 Å². The van der Waals surface area contributed by atoms with Crippen LogP contribution in [0.3, 0.4) is 0 Å². The lowest BCUT2D eigenvalue weighted by Crippen LogP contribution is -2.41. The Kier molecular flexibility index (Phi) is 5.64. The minimum Gasteiger partial charge on any atom is -0.481 e. The number of carboxylic acids is 2. The van der Waals surface area contributed by atoms with Crippen LogP contribution in [-0.2, 0) is 19.6 Å². The average Bonchev–Trinajstić information content (AvgIpc) is 2.36. The van der Waals surface area contributed by atoms with Crippen molar-refractivity contribution >= 4 is 33.6 Å². The quantitative estimate of drug-likeness (QED) is 0.683. The van der Waals surface area contributed by atoms with Crippen LogP contribution in [0.4, 0.5) is 4.39 Å². The van der Waals surface area contributed by atoms with Gasteiger partial charge in [0.2, 0.25) is 10.0 Å². The highest BCUT2D eigenvalue weighted by atomic mass is 35.5. The first-order chi connectivity index (χ1) is 9.63. The van der Waals surface area contributed by atoms with Crippen LogP contribution in [0.1, 0.15) is 12.8 Å². The highest BCUT2D eigenvalue weighted by molar-refractivity contribution is 7.89. The van der Waals surface area contributed by atoms with E-state index < -0.39 is 51.6 Å². The van der Waals surface area contributed by atoms with Crippen molar-refractivity contribution in [3.8, 4) is 0 Å². The Morgan fingerprint density at radius 1 is 1.33 bits per heavy atom. The van der Waals surface area contributed by atoms with Gasteiger partial charge in [0.25, 0.3) is 0 Å². The van der Waals surface area contributed by atoms with Crippen molar-refractivity contribution in [2.45, 2.75) is 23.8 Å².